The normalized spacial score (nSPS) is 13.0. The van der Waals surface area contributed by atoms with Crippen LogP contribution in [0.5, 0.6) is 5.75 Å². The van der Waals surface area contributed by atoms with Gasteiger partial charge in [0.2, 0.25) is 0 Å². The second kappa shape index (κ2) is 9.07. The van der Waals surface area contributed by atoms with Crippen LogP contribution in [0, 0.1) is 23.2 Å². The van der Waals surface area contributed by atoms with Crippen molar-refractivity contribution in [3.8, 4) is 11.8 Å². The van der Waals surface area contributed by atoms with E-state index in [0.29, 0.717) is 23.8 Å². The first-order chi connectivity index (χ1) is 11.7. The fourth-order valence-electron chi connectivity index (χ4n) is 1.79. The van der Waals surface area contributed by atoms with Crippen LogP contribution in [-0.2, 0) is 9.53 Å². The van der Waals surface area contributed by atoms with E-state index in [2.05, 4.69) is 11.4 Å². The Kier molecular flexibility index (Phi) is 7.43. The summed E-state index contributed by atoms with van der Waals surface area (Å²) in [5.74, 6) is -0.106. The summed E-state index contributed by atoms with van der Waals surface area (Å²) < 4.78 is 10.5. The van der Waals surface area contributed by atoms with Crippen LogP contribution in [0.1, 0.15) is 45.0 Å². The SMILES string of the molecule is CC(C)COc1ccc(C(=O)OCC(=O)N[C@](C)(C#N)C(C)C)cc1. The zero-order chi connectivity index (χ0) is 19.0. The number of hydrogen-bond acceptors (Lipinski definition) is 5. The highest BCUT2D eigenvalue weighted by molar-refractivity contribution is 5.91. The van der Waals surface area contributed by atoms with E-state index >= 15 is 0 Å². The summed E-state index contributed by atoms with van der Waals surface area (Å²) in [7, 11) is 0. The van der Waals surface area contributed by atoms with Crippen LogP contribution < -0.4 is 10.1 Å². The van der Waals surface area contributed by atoms with Crippen molar-refractivity contribution in [3.63, 3.8) is 0 Å². The molecule has 6 heteroatoms. The summed E-state index contributed by atoms with van der Waals surface area (Å²) in [5.41, 5.74) is -0.671. The number of nitrogens with one attached hydrogen (secondary N) is 1. The van der Waals surface area contributed by atoms with Crippen LogP contribution in [0.3, 0.4) is 0 Å². The summed E-state index contributed by atoms with van der Waals surface area (Å²) in [6.07, 6.45) is 0. The summed E-state index contributed by atoms with van der Waals surface area (Å²) in [6.45, 7) is 9.55. The Bertz CT molecular complexity index is 632. The van der Waals surface area contributed by atoms with Gasteiger partial charge in [-0.15, -0.1) is 0 Å². The lowest BCUT2D eigenvalue weighted by molar-refractivity contribution is -0.125. The second-order valence-electron chi connectivity index (χ2n) is 6.82. The summed E-state index contributed by atoms with van der Waals surface area (Å²) in [4.78, 5) is 23.9. The van der Waals surface area contributed by atoms with E-state index in [4.69, 9.17) is 9.47 Å². The zero-order valence-electron chi connectivity index (χ0n) is 15.5. The first kappa shape index (κ1) is 20.5. The van der Waals surface area contributed by atoms with Crippen molar-refractivity contribution in [2.75, 3.05) is 13.2 Å². The van der Waals surface area contributed by atoms with Gasteiger partial charge in [0.05, 0.1) is 18.2 Å². The maximum absolute atomic E-state index is 12.0. The van der Waals surface area contributed by atoms with Gasteiger partial charge >= 0.3 is 5.97 Å². The molecular weight excluding hydrogens is 320 g/mol. The molecule has 0 bridgehead atoms. The van der Waals surface area contributed by atoms with Crippen molar-refractivity contribution in [3.05, 3.63) is 29.8 Å². The average molecular weight is 346 g/mol. The molecule has 1 amide bonds. The molecule has 0 radical (unpaired) electrons. The van der Waals surface area contributed by atoms with Crippen LogP contribution in [0.4, 0.5) is 0 Å². The molecule has 0 aliphatic rings. The molecule has 0 aliphatic carbocycles. The van der Waals surface area contributed by atoms with E-state index in [1.54, 1.807) is 31.2 Å². The van der Waals surface area contributed by atoms with Crippen LogP contribution in [0.25, 0.3) is 0 Å². The third kappa shape index (κ3) is 6.46. The molecule has 0 unspecified atom stereocenters. The molecule has 1 aromatic carbocycles. The van der Waals surface area contributed by atoms with Gasteiger partial charge in [-0.3, -0.25) is 4.79 Å². The van der Waals surface area contributed by atoms with Crippen LogP contribution in [-0.4, -0.2) is 30.6 Å². The van der Waals surface area contributed by atoms with Gasteiger partial charge in [0.15, 0.2) is 6.61 Å². The number of nitrogens with zero attached hydrogens (tertiary/aromatic N) is 1. The molecule has 0 saturated carbocycles. The molecule has 1 aromatic rings. The molecule has 6 nitrogen and oxygen atoms in total. The molecule has 1 atom stereocenters. The van der Waals surface area contributed by atoms with Crippen molar-refractivity contribution in [1.29, 1.82) is 5.26 Å². The Balaban J connectivity index is 2.54. The molecule has 0 spiro atoms. The molecular formula is C19H26N2O4. The van der Waals surface area contributed by atoms with Crippen molar-refractivity contribution < 1.29 is 19.1 Å². The summed E-state index contributed by atoms with van der Waals surface area (Å²) in [6, 6.07) is 8.61. The first-order valence-corrected chi connectivity index (χ1v) is 8.30. The minimum Gasteiger partial charge on any atom is -0.493 e. The quantitative estimate of drug-likeness (QED) is 0.731. The van der Waals surface area contributed by atoms with Crippen LogP contribution in [0.15, 0.2) is 24.3 Å². The maximum atomic E-state index is 12.0. The molecule has 0 heterocycles. The predicted molar refractivity (Wildman–Crippen MR) is 94.1 cm³/mol. The number of amides is 1. The molecule has 0 saturated heterocycles. The Morgan fingerprint density at radius 2 is 1.80 bits per heavy atom. The number of rotatable bonds is 8. The van der Waals surface area contributed by atoms with Gasteiger partial charge in [-0.05, 0) is 43.0 Å². The highest BCUT2D eigenvalue weighted by atomic mass is 16.5. The van der Waals surface area contributed by atoms with Gasteiger partial charge in [-0.2, -0.15) is 5.26 Å². The third-order valence-corrected chi connectivity index (χ3v) is 3.79. The molecule has 0 fully saturated rings. The van der Waals surface area contributed by atoms with Crippen molar-refractivity contribution in [2.45, 2.75) is 40.2 Å². The predicted octanol–water partition coefficient (Wildman–Crippen LogP) is 2.93. The monoisotopic (exact) mass is 346 g/mol. The zero-order valence-corrected chi connectivity index (χ0v) is 15.5. The first-order valence-electron chi connectivity index (χ1n) is 8.30. The summed E-state index contributed by atoms with van der Waals surface area (Å²) >= 11 is 0. The largest absolute Gasteiger partial charge is 0.493 e. The van der Waals surface area contributed by atoms with E-state index < -0.39 is 24.0 Å². The maximum Gasteiger partial charge on any atom is 0.338 e. The highest BCUT2D eigenvalue weighted by Gasteiger charge is 2.30. The summed E-state index contributed by atoms with van der Waals surface area (Å²) in [5, 5.41) is 11.8. The Morgan fingerprint density at radius 1 is 1.20 bits per heavy atom. The fraction of sp³-hybridized carbons (Fsp3) is 0.526. The van der Waals surface area contributed by atoms with E-state index in [9.17, 15) is 14.9 Å². The van der Waals surface area contributed by atoms with E-state index in [-0.39, 0.29) is 5.92 Å². The van der Waals surface area contributed by atoms with Gasteiger partial charge in [0.1, 0.15) is 11.3 Å². The van der Waals surface area contributed by atoms with E-state index in [1.807, 2.05) is 27.7 Å². The lowest BCUT2D eigenvalue weighted by Gasteiger charge is -2.27. The number of carbonyl (C=O) groups is 2. The molecule has 0 aromatic heterocycles. The number of ether oxygens (including phenoxy) is 2. The van der Waals surface area contributed by atoms with Gasteiger partial charge in [-0.25, -0.2) is 4.79 Å². The minimum atomic E-state index is -1.00. The smallest absolute Gasteiger partial charge is 0.338 e. The van der Waals surface area contributed by atoms with Gasteiger partial charge < -0.3 is 14.8 Å². The number of hydrogen-bond donors (Lipinski definition) is 1. The van der Waals surface area contributed by atoms with E-state index in [1.165, 1.54) is 0 Å². The molecule has 136 valence electrons. The highest BCUT2D eigenvalue weighted by Crippen LogP contribution is 2.16. The third-order valence-electron chi connectivity index (χ3n) is 3.79. The molecule has 0 aliphatic heterocycles. The average Bonchev–Trinajstić information content (AvgIpc) is 2.57. The van der Waals surface area contributed by atoms with Crippen molar-refractivity contribution in [1.82, 2.24) is 5.32 Å². The van der Waals surface area contributed by atoms with Crippen molar-refractivity contribution >= 4 is 11.9 Å². The second-order valence-corrected chi connectivity index (χ2v) is 6.82. The Hall–Kier alpha value is -2.55. The molecule has 25 heavy (non-hydrogen) atoms. The Morgan fingerprint density at radius 3 is 2.28 bits per heavy atom. The number of nitriles is 1. The van der Waals surface area contributed by atoms with Gasteiger partial charge in [-0.1, -0.05) is 27.7 Å². The number of carbonyl (C=O) groups excluding carboxylic acids is 2. The minimum absolute atomic E-state index is 0.0736. The lowest BCUT2D eigenvalue weighted by atomic mass is 9.90. The molecule has 1 N–H and O–H groups in total. The topological polar surface area (TPSA) is 88.4 Å². The fourth-order valence-corrected chi connectivity index (χ4v) is 1.79. The lowest BCUT2D eigenvalue weighted by Crippen LogP contribution is -2.50. The van der Waals surface area contributed by atoms with E-state index in [0.717, 1.165) is 0 Å². The molecule has 1 rings (SSSR count). The Labute approximate surface area is 149 Å². The van der Waals surface area contributed by atoms with Crippen LogP contribution >= 0.6 is 0 Å². The van der Waals surface area contributed by atoms with Crippen LogP contribution in [0.2, 0.25) is 0 Å². The number of esters is 1. The number of benzene rings is 1. The van der Waals surface area contributed by atoms with Gasteiger partial charge in [0, 0.05) is 0 Å². The van der Waals surface area contributed by atoms with Gasteiger partial charge in [0.25, 0.3) is 5.91 Å². The van der Waals surface area contributed by atoms with Crippen molar-refractivity contribution in [2.24, 2.45) is 11.8 Å². The standard InChI is InChI=1S/C19H26N2O4/c1-13(2)10-24-16-8-6-15(7-9-16)18(23)25-11-17(22)21-19(5,12-20)14(3)4/h6-9,13-14H,10-11H2,1-5H3,(H,21,22)/t19-/m1/s1.